The Balaban J connectivity index is 1.42. The summed E-state index contributed by atoms with van der Waals surface area (Å²) in [6.07, 6.45) is 4.23. The molecule has 3 N–H and O–H groups in total. The van der Waals surface area contributed by atoms with Gasteiger partial charge >= 0.3 is 6.03 Å². The number of methoxy groups -OCH3 is 1. The molecule has 144 valence electrons. The third-order valence-corrected chi connectivity index (χ3v) is 4.51. The Morgan fingerprint density at radius 1 is 1.22 bits per heavy atom. The molecule has 0 radical (unpaired) electrons. The van der Waals surface area contributed by atoms with Crippen molar-refractivity contribution in [2.24, 2.45) is 0 Å². The van der Waals surface area contributed by atoms with E-state index in [4.69, 9.17) is 4.74 Å². The highest BCUT2D eigenvalue weighted by Crippen LogP contribution is 2.21. The minimum Gasteiger partial charge on any atom is -0.497 e. The highest BCUT2D eigenvalue weighted by molar-refractivity contribution is 5.90. The molecule has 2 heterocycles. The quantitative estimate of drug-likeness (QED) is 0.649. The summed E-state index contributed by atoms with van der Waals surface area (Å²) in [5, 5.41) is 17.0. The van der Waals surface area contributed by atoms with Gasteiger partial charge in [-0.1, -0.05) is 0 Å². The number of nitrogens with one attached hydrogen (secondary N) is 3. The molecule has 27 heavy (non-hydrogen) atoms. The summed E-state index contributed by atoms with van der Waals surface area (Å²) in [5.74, 6) is 1.48. The van der Waals surface area contributed by atoms with Gasteiger partial charge in [-0.05, 0) is 43.5 Å². The minimum absolute atomic E-state index is 0.248. The lowest BCUT2D eigenvalue weighted by Crippen LogP contribution is -2.33. The number of carbonyl (C=O) groups is 1. The number of nitrogens with zero attached hydrogens (tertiary/aromatic N) is 3. The first kappa shape index (κ1) is 18.8. The van der Waals surface area contributed by atoms with Gasteiger partial charge in [0.25, 0.3) is 0 Å². The van der Waals surface area contributed by atoms with Crippen LogP contribution >= 0.6 is 0 Å². The van der Waals surface area contributed by atoms with Crippen molar-refractivity contribution in [3.63, 3.8) is 0 Å². The number of anilines is 3. The predicted molar refractivity (Wildman–Crippen MR) is 107 cm³/mol. The number of ether oxygens (including phenoxy) is 1. The zero-order valence-electron chi connectivity index (χ0n) is 15.8. The fourth-order valence-corrected chi connectivity index (χ4v) is 3.03. The van der Waals surface area contributed by atoms with Crippen LogP contribution in [0.15, 0.2) is 30.5 Å². The maximum atomic E-state index is 12.0. The number of carbonyl (C=O) groups excluding carboxylic acids is 1. The molecule has 8 nitrogen and oxygen atoms in total. The van der Waals surface area contributed by atoms with Gasteiger partial charge in [0.1, 0.15) is 5.75 Å². The topological polar surface area (TPSA) is 91.4 Å². The first-order valence-electron chi connectivity index (χ1n) is 9.17. The van der Waals surface area contributed by atoms with Crippen molar-refractivity contribution in [1.82, 2.24) is 15.5 Å². The zero-order chi connectivity index (χ0) is 19.1. The van der Waals surface area contributed by atoms with Crippen molar-refractivity contribution in [3.05, 3.63) is 36.0 Å². The second kappa shape index (κ2) is 9.07. The lowest BCUT2D eigenvalue weighted by atomic mass is 10.2. The number of rotatable bonds is 7. The average molecular weight is 370 g/mol. The summed E-state index contributed by atoms with van der Waals surface area (Å²) in [6, 6.07) is 7.27. The van der Waals surface area contributed by atoms with Gasteiger partial charge in [0.05, 0.1) is 19.0 Å². The van der Waals surface area contributed by atoms with Gasteiger partial charge in [-0.15, -0.1) is 5.10 Å². The third kappa shape index (κ3) is 5.22. The van der Waals surface area contributed by atoms with Crippen LogP contribution in [0.25, 0.3) is 0 Å². The van der Waals surface area contributed by atoms with Crippen molar-refractivity contribution >= 4 is 23.2 Å². The van der Waals surface area contributed by atoms with Gasteiger partial charge in [0, 0.05) is 37.9 Å². The summed E-state index contributed by atoms with van der Waals surface area (Å²) >= 11 is 0. The second-order valence-electron chi connectivity index (χ2n) is 6.48. The first-order valence-corrected chi connectivity index (χ1v) is 9.17. The molecule has 0 aliphatic carbocycles. The maximum Gasteiger partial charge on any atom is 0.319 e. The number of hydrogen-bond acceptors (Lipinski definition) is 6. The molecule has 1 fully saturated rings. The Bertz CT molecular complexity index is 777. The molecular weight excluding hydrogens is 344 g/mol. The number of urea groups is 1. The van der Waals surface area contributed by atoms with Gasteiger partial charge in [0.15, 0.2) is 5.82 Å². The normalized spacial score (nSPS) is 13.3. The van der Waals surface area contributed by atoms with Crippen LogP contribution in [0.5, 0.6) is 5.75 Å². The molecule has 1 saturated heterocycles. The van der Waals surface area contributed by atoms with E-state index in [0.717, 1.165) is 35.8 Å². The molecule has 8 heteroatoms. The van der Waals surface area contributed by atoms with E-state index >= 15 is 0 Å². The van der Waals surface area contributed by atoms with E-state index in [2.05, 4.69) is 31.0 Å². The number of hydrogen-bond donors (Lipinski definition) is 3. The van der Waals surface area contributed by atoms with Crippen LogP contribution in [-0.2, 0) is 0 Å². The van der Waals surface area contributed by atoms with Crippen molar-refractivity contribution < 1.29 is 9.53 Å². The minimum atomic E-state index is -0.248. The van der Waals surface area contributed by atoms with Crippen LogP contribution in [0.4, 0.5) is 22.0 Å². The fraction of sp³-hybridized carbons (Fsp3) is 0.421. The molecule has 3 rings (SSSR count). The Kier molecular flexibility index (Phi) is 6.30. The molecule has 0 unspecified atom stereocenters. The van der Waals surface area contributed by atoms with Crippen molar-refractivity contribution in [1.29, 1.82) is 0 Å². The summed E-state index contributed by atoms with van der Waals surface area (Å²) in [5.41, 5.74) is 2.78. The molecule has 1 aliphatic rings. The Morgan fingerprint density at radius 2 is 2.04 bits per heavy atom. The van der Waals surface area contributed by atoms with Crippen LogP contribution in [0.3, 0.4) is 0 Å². The number of amides is 2. The molecule has 0 bridgehead atoms. The van der Waals surface area contributed by atoms with Crippen molar-refractivity contribution in [3.8, 4) is 5.75 Å². The summed E-state index contributed by atoms with van der Waals surface area (Å²) < 4.78 is 5.17. The molecule has 1 aromatic heterocycles. The standard InChI is InChI=1S/C19H26N6O2/c1-14-11-16(27-2)5-6-17(14)23-19(26)21-8-7-20-18-12-15(13-22-24-18)25-9-3-4-10-25/h5-6,11-13H,3-4,7-10H2,1-2H3,(H,20,24)(H2,21,23,26). The van der Waals surface area contributed by atoms with Gasteiger partial charge in [-0.2, -0.15) is 5.10 Å². The smallest absolute Gasteiger partial charge is 0.319 e. The van der Waals surface area contributed by atoms with E-state index in [1.54, 1.807) is 13.3 Å². The van der Waals surface area contributed by atoms with E-state index in [-0.39, 0.29) is 6.03 Å². The van der Waals surface area contributed by atoms with Crippen LogP contribution in [0, 0.1) is 6.92 Å². The van der Waals surface area contributed by atoms with Gasteiger partial charge < -0.3 is 25.6 Å². The predicted octanol–water partition coefficient (Wildman–Crippen LogP) is 2.63. The van der Waals surface area contributed by atoms with Crippen LogP contribution in [0.2, 0.25) is 0 Å². The Morgan fingerprint density at radius 3 is 2.78 bits per heavy atom. The number of benzene rings is 1. The van der Waals surface area contributed by atoms with Gasteiger partial charge in [0.2, 0.25) is 0 Å². The van der Waals surface area contributed by atoms with E-state index in [1.165, 1.54) is 12.8 Å². The molecule has 0 spiro atoms. The highest BCUT2D eigenvalue weighted by Gasteiger charge is 2.13. The molecule has 0 atom stereocenters. The summed E-state index contributed by atoms with van der Waals surface area (Å²) in [6.45, 7) is 5.09. The third-order valence-electron chi connectivity index (χ3n) is 4.51. The Labute approximate surface area is 159 Å². The first-order chi connectivity index (χ1) is 13.2. The van der Waals surface area contributed by atoms with Crippen LogP contribution < -0.4 is 25.6 Å². The molecule has 2 aromatic rings. The van der Waals surface area contributed by atoms with Gasteiger partial charge in [-0.3, -0.25) is 0 Å². The second-order valence-corrected chi connectivity index (χ2v) is 6.48. The maximum absolute atomic E-state index is 12.0. The van der Waals surface area contributed by atoms with Crippen LogP contribution in [0.1, 0.15) is 18.4 Å². The van der Waals surface area contributed by atoms with E-state index in [9.17, 15) is 4.79 Å². The largest absolute Gasteiger partial charge is 0.497 e. The molecular formula is C19H26N6O2. The summed E-state index contributed by atoms with van der Waals surface area (Å²) in [7, 11) is 1.62. The number of aryl methyl sites for hydroxylation is 1. The highest BCUT2D eigenvalue weighted by atomic mass is 16.5. The van der Waals surface area contributed by atoms with Gasteiger partial charge in [-0.25, -0.2) is 4.79 Å². The molecule has 1 aliphatic heterocycles. The molecule has 1 aromatic carbocycles. The van der Waals surface area contributed by atoms with Crippen molar-refractivity contribution in [2.45, 2.75) is 19.8 Å². The van der Waals surface area contributed by atoms with E-state index in [0.29, 0.717) is 18.9 Å². The Hall–Kier alpha value is -3.03. The average Bonchev–Trinajstić information content (AvgIpc) is 3.22. The zero-order valence-corrected chi connectivity index (χ0v) is 15.8. The van der Waals surface area contributed by atoms with E-state index < -0.39 is 0 Å². The van der Waals surface area contributed by atoms with Crippen molar-refractivity contribution in [2.75, 3.05) is 48.8 Å². The lowest BCUT2D eigenvalue weighted by Gasteiger charge is -2.17. The van der Waals surface area contributed by atoms with Crippen LogP contribution in [-0.4, -0.2) is 49.5 Å². The lowest BCUT2D eigenvalue weighted by molar-refractivity contribution is 0.252. The fourth-order valence-electron chi connectivity index (χ4n) is 3.03. The SMILES string of the molecule is COc1ccc(NC(=O)NCCNc2cc(N3CCCC3)cnn2)c(C)c1. The molecule has 2 amide bonds. The van der Waals surface area contributed by atoms with E-state index in [1.807, 2.05) is 31.2 Å². The molecule has 0 saturated carbocycles. The monoisotopic (exact) mass is 370 g/mol. The number of aromatic nitrogens is 2. The summed E-state index contributed by atoms with van der Waals surface area (Å²) in [4.78, 5) is 14.4.